The van der Waals surface area contributed by atoms with Crippen molar-refractivity contribution in [1.82, 2.24) is 9.47 Å². The number of methoxy groups -OCH3 is 1. The van der Waals surface area contributed by atoms with Gasteiger partial charge in [-0.15, -0.1) is 12.4 Å². The number of hydrogen-bond acceptors (Lipinski definition) is 3. The van der Waals surface area contributed by atoms with Crippen molar-refractivity contribution in [3.05, 3.63) is 46.4 Å². The molecule has 4 nitrogen and oxygen atoms in total. The average molecular weight is 337 g/mol. The van der Waals surface area contributed by atoms with E-state index in [2.05, 4.69) is 11.0 Å². The van der Waals surface area contributed by atoms with Gasteiger partial charge < -0.3 is 9.30 Å². The highest BCUT2D eigenvalue weighted by Gasteiger charge is 2.24. The number of likely N-dealkylation sites (tertiary alicyclic amines) is 1. The first-order chi connectivity index (χ1) is 10.7. The van der Waals surface area contributed by atoms with Crippen molar-refractivity contribution in [2.24, 2.45) is 7.05 Å². The van der Waals surface area contributed by atoms with E-state index in [0.29, 0.717) is 6.04 Å². The van der Waals surface area contributed by atoms with Crippen molar-refractivity contribution < 1.29 is 4.74 Å². The average Bonchev–Trinajstić information content (AvgIpc) is 2.97. The Kier molecular flexibility index (Phi) is 6.22. The molecule has 1 aliphatic rings. The van der Waals surface area contributed by atoms with Crippen molar-refractivity contribution in [2.75, 3.05) is 26.8 Å². The minimum absolute atomic E-state index is 0. The van der Waals surface area contributed by atoms with Crippen LogP contribution in [0, 0.1) is 0 Å². The van der Waals surface area contributed by atoms with Gasteiger partial charge in [-0.3, -0.25) is 9.69 Å². The standard InChI is InChI=1S/C18H24N2O2.ClH/c1-19-15(9-11-20-10-5-7-16(20)13-22-2)12-14-6-3-4-8-17(14)18(19)21;/h3-4,6,8,12,16H,5,7,9-11,13H2,1-2H3;1H/t16-;/m1./s1. The van der Waals surface area contributed by atoms with Crippen LogP contribution in [0.4, 0.5) is 0 Å². The van der Waals surface area contributed by atoms with Crippen molar-refractivity contribution in [3.8, 4) is 0 Å². The Morgan fingerprint density at radius 2 is 2.09 bits per heavy atom. The SMILES string of the molecule is COC[C@H]1CCCN1CCc1cc2ccccc2c(=O)n1C.Cl. The molecular formula is C18H25ClN2O2. The van der Waals surface area contributed by atoms with Crippen LogP contribution >= 0.6 is 12.4 Å². The van der Waals surface area contributed by atoms with Crippen LogP contribution in [0.5, 0.6) is 0 Å². The summed E-state index contributed by atoms with van der Waals surface area (Å²) in [6.07, 6.45) is 3.35. The molecule has 0 saturated carbocycles. The number of fused-ring (bicyclic) bond motifs is 1. The number of hydrogen-bond donors (Lipinski definition) is 0. The van der Waals surface area contributed by atoms with Gasteiger partial charge in [-0.1, -0.05) is 18.2 Å². The lowest BCUT2D eigenvalue weighted by Gasteiger charge is -2.24. The maximum atomic E-state index is 12.4. The molecule has 0 N–H and O–H groups in total. The predicted molar refractivity (Wildman–Crippen MR) is 96.6 cm³/mol. The lowest BCUT2D eigenvalue weighted by atomic mass is 10.1. The highest BCUT2D eigenvalue weighted by molar-refractivity contribution is 5.85. The quantitative estimate of drug-likeness (QED) is 0.841. The lowest BCUT2D eigenvalue weighted by molar-refractivity contribution is 0.116. The second-order valence-corrected chi connectivity index (χ2v) is 6.12. The molecule has 5 heteroatoms. The molecule has 0 bridgehead atoms. The molecule has 1 aliphatic heterocycles. The minimum Gasteiger partial charge on any atom is -0.383 e. The van der Waals surface area contributed by atoms with Crippen LogP contribution in [0.1, 0.15) is 18.5 Å². The number of pyridine rings is 1. The molecule has 1 aromatic heterocycles. The summed E-state index contributed by atoms with van der Waals surface area (Å²) >= 11 is 0. The molecule has 2 heterocycles. The van der Waals surface area contributed by atoms with Crippen molar-refractivity contribution >= 4 is 23.2 Å². The van der Waals surface area contributed by atoms with Crippen LogP contribution in [0.3, 0.4) is 0 Å². The number of rotatable bonds is 5. The molecule has 23 heavy (non-hydrogen) atoms. The molecule has 1 aromatic carbocycles. The largest absolute Gasteiger partial charge is 0.383 e. The van der Waals surface area contributed by atoms with Gasteiger partial charge in [0, 0.05) is 44.2 Å². The van der Waals surface area contributed by atoms with Gasteiger partial charge >= 0.3 is 0 Å². The number of aromatic nitrogens is 1. The molecule has 0 amide bonds. The predicted octanol–water partition coefficient (Wildman–Crippen LogP) is 2.61. The molecular weight excluding hydrogens is 312 g/mol. The van der Waals surface area contributed by atoms with E-state index in [1.807, 2.05) is 31.3 Å². The molecule has 1 fully saturated rings. The monoisotopic (exact) mass is 336 g/mol. The van der Waals surface area contributed by atoms with Gasteiger partial charge in [0.1, 0.15) is 0 Å². The van der Waals surface area contributed by atoms with Crippen LogP contribution in [0.2, 0.25) is 0 Å². The van der Waals surface area contributed by atoms with Crippen LogP contribution in [0.25, 0.3) is 10.8 Å². The number of benzene rings is 1. The summed E-state index contributed by atoms with van der Waals surface area (Å²) in [6.45, 7) is 2.92. The minimum atomic E-state index is 0. The molecule has 0 unspecified atom stereocenters. The summed E-state index contributed by atoms with van der Waals surface area (Å²) in [5, 5.41) is 1.84. The fraction of sp³-hybridized carbons (Fsp3) is 0.500. The van der Waals surface area contributed by atoms with Crippen LogP contribution in [0.15, 0.2) is 35.1 Å². The molecule has 0 spiro atoms. The van der Waals surface area contributed by atoms with Crippen molar-refractivity contribution in [1.29, 1.82) is 0 Å². The zero-order valence-corrected chi connectivity index (χ0v) is 14.6. The summed E-state index contributed by atoms with van der Waals surface area (Å²) < 4.78 is 7.11. The van der Waals surface area contributed by atoms with E-state index >= 15 is 0 Å². The van der Waals surface area contributed by atoms with Gasteiger partial charge in [0.25, 0.3) is 5.56 Å². The van der Waals surface area contributed by atoms with E-state index in [1.165, 1.54) is 12.8 Å². The van der Waals surface area contributed by atoms with E-state index < -0.39 is 0 Å². The van der Waals surface area contributed by atoms with Gasteiger partial charge in [0.05, 0.1) is 6.61 Å². The Hall–Kier alpha value is -1.36. The van der Waals surface area contributed by atoms with Crippen LogP contribution < -0.4 is 5.56 Å². The van der Waals surface area contributed by atoms with E-state index in [4.69, 9.17) is 4.74 Å². The van der Waals surface area contributed by atoms with Crippen molar-refractivity contribution in [2.45, 2.75) is 25.3 Å². The summed E-state index contributed by atoms with van der Waals surface area (Å²) in [5.74, 6) is 0. The van der Waals surface area contributed by atoms with Gasteiger partial charge in [-0.2, -0.15) is 0 Å². The first-order valence-electron chi connectivity index (χ1n) is 8.01. The third kappa shape index (κ3) is 3.77. The molecule has 2 aromatic rings. The molecule has 1 saturated heterocycles. The molecule has 1 atom stereocenters. The third-order valence-electron chi connectivity index (χ3n) is 4.76. The van der Waals surface area contributed by atoms with Gasteiger partial charge in [-0.05, 0) is 36.9 Å². The molecule has 3 rings (SSSR count). The van der Waals surface area contributed by atoms with Crippen LogP contribution in [-0.2, 0) is 18.2 Å². The Morgan fingerprint density at radius 1 is 1.30 bits per heavy atom. The Balaban J connectivity index is 0.00000192. The van der Waals surface area contributed by atoms with E-state index in [1.54, 1.807) is 11.7 Å². The molecule has 126 valence electrons. The van der Waals surface area contributed by atoms with E-state index in [-0.39, 0.29) is 18.0 Å². The second kappa shape index (κ2) is 7.95. The van der Waals surface area contributed by atoms with Gasteiger partial charge in [0.2, 0.25) is 0 Å². The maximum absolute atomic E-state index is 12.4. The molecule has 0 aliphatic carbocycles. The molecule has 0 radical (unpaired) electrons. The van der Waals surface area contributed by atoms with E-state index in [0.717, 1.165) is 42.6 Å². The normalized spacial score (nSPS) is 18.3. The zero-order valence-electron chi connectivity index (χ0n) is 13.8. The summed E-state index contributed by atoms with van der Waals surface area (Å²) in [4.78, 5) is 14.9. The highest BCUT2D eigenvalue weighted by Crippen LogP contribution is 2.18. The topological polar surface area (TPSA) is 34.5 Å². The fourth-order valence-corrected chi connectivity index (χ4v) is 3.47. The maximum Gasteiger partial charge on any atom is 0.258 e. The number of halogens is 1. The van der Waals surface area contributed by atoms with Crippen molar-refractivity contribution in [3.63, 3.8) is 0 Å². The first kappa shape index (κ1) is 18.0. The Labute approximate surface area is 143 Å². The summed E-state index contributed by atoms with van der Waals surface area (Å²) in [6, 6.07) is 10.5. The highest BCUT2D eigenvalue weighted by atomic mass is 35.5. The van der Waals surface area contributed by atoms with Crippen LogP contribution in [-0.4, -0.2) is 42.3 Å². The van der Waals surface area contributed by atoms with Gasteiger partial charge in [-0.25, -0.2) is 0 Å². The lowest BCUT2D eigenvalue weighted by Crippen LogP contribution is -2.35. The third-order valence-corrected chi connectivity index (χ3v) is 4.76. The Bertz CT molecular complexity index is 714. The number of ether oxygens (including phenoxy) is 1. The second-order valence-electron chi connectivity index (χ2n) is 6.12. The van der Waals surface area contributed by atoms with Gasteiger partial charge in [0.15, 0.2) is 0 Å². The first-order valence-corrected chi connectivity index (χ1v) is 8.01. The summed E-state index contributed by atoms with van der Waals surface area (Å²) in [5.41, 5.74) is 1.20. The fourth-order valence-electron chi connectivity index (χ4n) is 3.47. The number of nitrogens with zero attached hydrogens (tertiary/aromatic N) is 2. The summed E-state index contributed by atoms with van der Waals surface area (Å²) in [7, 11) is 3.64. The smallest absolute Gasteiger partial charge is 0.258 e. The Morgan fingerprint density at radius 3 is 2.87 bits per heavy atom. The zero-order chi connectivity index (χ0) is 15.5. The van der Waals surface area contributed by atoms with E-state index in [9.17, 15) is 4.79 Å².